The van der Waals surface area contributed by atoms with Crippen LogP contribution in [0.1, 0.15) is 43.2 Å². The van der Waals surface area contributed by atoms with Gasteiger partial charge in [0.25, 0.3) is 0 Å². The van der Waals surface area contributed by atoms with Gasteiger partial charge in [0.2, 0.25) is 0 Å². The number of Topliss-reactive ketones (excluding diaryl/α,β-unsaturated/α-hetero) is 1. The summed E-state index contributed by atoms with van der Waals surface area (Å²) in [6.45, 7) is 5.90. The van der Waals surface area contributed by atoms with Crippen LogP contribution in [0.4, 0.5) is 0 Å². The number of carbonyl (C=O) groups is 1. The maximum atomic E-state index is 12.2. The summed E-state index contributed by atoms with van der Waals surface area (Å²) in [6.07, 6.45) is -0.142. The number of aromatic nitrogens is 1. The van der Waals surface area contributed by atoms with Crippen LogP contribution in [0.3, 0.4) is 0 Å². The van der Waals surface area contributed by atoms with E-state index in [9.17, 15) is 9.90 Å². The third-order valence-electron chi connectivity index (χ3n) is 4.17. The first-order valence-electron chi connectivity index (χ1n) is 8.21. The molecule has 130 valence electrons. The minimum atomic E-state index is -0.718. The van der Waals surface area contributed by atoms with Crippen molar-refractivity contribution in [2.75, 3.05) is 20.6 Å². The topological polar surface area (TPSA) is 82.3 Å². The highest BCUT2D eigenvalue weighted by molar-refractivity contribution is 6.21. The van der Waals surface area contributed by atoms with Gasteiger partial charge in [0.1, 0.15) is 0 Å². The van der Waals surface area contributed by atoms with Crippen LogP contribution >= 0.6 is 0 Å². The molecule has 0 spiro atoms. The number of likely N-dealkylation sites (N-methyl/N-ethyl adjacent to an activating group) is 1. The molecular weight excluding hydrogens is 302 g/mol. The van der Waals surface area contributed by atoms with Gasteiger partial charge in [-0.25, -0.2) is 0 Å². The Morgan fingerprint density at radius 2 is 2.04 bits per heavy atom. The molecular formula is C19H27N3O2. The third-order valence-corrected chi connectivity index (χ3v) is 4.17. The van der Waals surface area contributed by atoms with E-state index in [0.717, 1.165) is 22.0 Å². The number of rotatable bonds is 6. The van der Waals surface area contributed by atoms with Crippen LogP contribution in [-0.4, -0.2) is 41.4 Å². The second-order valence-corrected chi connectivity index (χ2v) is 6.55. The summed E-state index contributed by atoms with van der Waals surface area (Å²) in [6, 6.07) is 6.01. The van der Waals surface area contributed by atoms with E-state index < -0.39 is 6.10 Å². The van der Waals surface area contributed by atoms with E-state index in [-0.39, 0.29) is 5.78 Å². The number of fused-ring (bicyclic) bond motifs is 1. The molecule has 0 aliphatic heterocycles. The van der Waals surface area contributed by atoms with Crippen molar-refractivity contribution in [2.45, 2.75) is 33.3 Å². The lowest BCUT2D eigenvalue weighted by Crippen LogP contribution is -2.21. The SMILES string of the molecule is CCC(N)=C(C(C)=O)c1[nH]c2ccc(C)cc2c1C(O)CN(C)C. The normalized spacial score (nSPS) is 14.1. The minimum absolute atomic E-state index is 0.101. The molecule has 0 aliphatic carbocycles. The number of nitrogens with two attached hydrogens (primary N) is 1. The van der Waals surface area contributed by atoms with Gasteiger partial charge in [-0.2, -0.15) is 0 Å². The Labute approximate surface area is 143 Å². The maximum absolute atomic E-state index is 12.2. The summed E-state index contributed by atoms with van der Waals surface area (Å²) >= 11 is 0. The van der Waals surface area contributed by atoms with E-state index in [1.807, 2.05) is 51.0 Å². The molecule has 0 radical (unpaired) electrons. The summed E-state index contributed by atoms with van der Waals surface area (Å²) in [5.41, 5.74) is 10.5. The Morgan fingerprint density at radius 1 is 1.38 bits per heavy atom. The molecule has 2 aromatic rings. The number of aromatic amines is 1. The molecule has 1 aromatic carbocycles. The predicted octanol–water partition coefficient (Wildman–Crippen LogP) is 2.74. The standard InChI is InChI=1S/C19H27N3O2/c1-6-14(20)17(12(3)23)19-18(16(24)10-22(4)5)13-9-11(2)7-8-15(13)21-19/h7-9,16,21,24H,6,10,20H2,1-5H3. The van der Waals surface area contributed by atoms with Crippen LogP contribution in [-0.2, 0) is 4.79 Å². The van der Waals surface area contributed by atoms with Gasteiger partial charge in [0.05, 0.1) is 17.4 Å². The summed E-state index contributed by atoms with van der Waals surface area (Å²) in [7, 11) is 3.82. The number of benzene rings is 1. The molecule has 1 unspecified atom stereocenters. The first kappa shape index (κ1) is 18.2. The molecule has 0 saturated carbocycles. The molecule has 0 saturated heterocycles. The number of nitrogens with one attached hydrogen (secondary N) is 1. The van der Waals surface area contributed by atoms with Crippen LogP contribution in [0, 0.1) is 6.92 Å². The van der Waals surface area contributed by atoms with Crippen molar-refractivity contribution in [3.63, 3.8) is 0 Å². The highest BCUT2D eigenvalue weighted by Gasteiger charge is 2.25. The largest absolute Gasteiger partial charge is 0.401 e. The number of allylic oxidation sites excluding steroid dienone is 2. The monoisotopic (exact) mass is 329 g/mol. The van der Waals surface area contributed by atoms with E-state index in [2.05, 4.69) is 4.98 Å². The van der Waals surface area contributed by atoms with Crippen molar-refractivity contribution in [1.29, 1.82) is 0 Å². The van der Waals surface area contributed by atoms with Gasteiger partial charge in [0, 0.05) is 28.7 Å². The Balaban J connectivity index is 2.79. The molecule has 0 amide bonds. The summed E-state index contributed by atoms with van der Waals surface area (Å²) in [5.74, 6) is -0.101. The number of aliphatic hydroxyl groups is 1. The number of hydrogen-bond donors (Lipinski definition) is 3. The van der Waals surface area contributed by atoms with Gasteiger partial charge in [-0.05, 0) is 46.5 Å². The lowest BCUT2D eigenvalue weighted by molar-refractivity contribution is -0.111. The Hall–Kier alpha value is -2.11. The van der Waals surface area contributed by atoms with Crippen molar-refractivity contribution in [1.82, 2.24) is 9.88 Å². The van der Waals surface area contributed by atoms with Crippen LogP contribution in [0.15, 0.2) is 23.9 Å². The van der Waals surface area contributed by atoms with Crippen molar-refractivity contribution in [3.05, 3.63) is 40.7 Å². The quantitative estimate of drug-likeness (QED) is 0.712. The first-order valence-corrected chi connectivity index (χ1v) is 8.21. The number of nitrogens with zero attached hydrogens (tertiary/aromatic N) is 1. The molecule has 0 aliphatic rings. The van der Waals surface area contributed by atoms with Gasteiger partial charge < -0.3 is 20.7 Å². The zero-order chi connectivity index (χ0) is 18.0. The number of aryl methyl sites for hydroxylation is 1. The molecule has 1 heterocycles. The minimum Gasteiger partial charge on any atom is -0.401 e. The molecule has 4 N–H and O–H groups in total. The number of ketones is 1. The predicted molar refractivity (Wildman–Crippen MR) is 98.6 cm³/mol. The lowest BCUT2D eigenvalue weighted by atomic mass is 9.96. The van der Waals surface area contributed by atoms with E-state index in [4.69, 9.17) is 5.73 Å². The average molecular weight is 329 g/mol. The third kappa shape index (κ3) is 3.52. The van der Waals surface area contributed by atoms with Gasteiger partial charge in [-0.1, -0.05) is 18.6 Å². The van der Waals surface area contributed by atoms with Gasteiger partial charge in [0.15, 0.2) is 5.78 Å². The fourth-order valence-corrected chi connectivity index (χ4v) is 3.05. The van der Waals surface area contributed by atoms with Crippen molar-refractivity contribution in [3.8, 4) is 0 Å². The van der Waals surface area contributed by atoms with Gasteiger partial charge in [-0.3, -0.25) is 4.79 Å². The molecule has 0 bridgehead atoms. The van der Waals surface area contributed by atoms with Gasteiger partial charge >= 0.3 is 0 Å². The molecule has 5 nitrogen and oxygen atoms in total. The summed E-state index contributed by atoms with van der Waals surface area (Å²) in [5, 5.41) is 11.7. The molecule has 1 atom stereocenters. The highest BCUT2D eigenvalue weighted by atomic mass is 16.3. The molecule has 1 aromatic heterocycles. The molecule has 24 heavy (non-hydrogen) atoms. The Kier molecular flexibility index (Phi) is 5.47. The van der Waals surface area contributed by atoms with Gasteiger partial charge in [-0.15, -0.1) is 0 Å². The fourth-order valence-electron chi connectivity index (χ4n) is 3.05. The second kappa shape index (κ2) is 7.20. The molecule has 2 rings (SSSR count). The summed E-state index contributed by atoms with van der Waals surface area (Å²) in [4.78, 5) is 17.5. The van der Waals surface area contributed by atoms with E-state index in [0.29, 0.717) is 29.9 Å². The number of carbonyl (C=O) groups excluding carboxylic acids is 1. The molecule has 5 heteroatoms. The zero-order valence-corrected chi connectivity index (χ0v) is 15.1. The Morgan fingerprint density at radius 3 is 2.58 bits per heavy atom. The van der Waals surface area contributed by atoms with E-state index >= 15 is 0 Å². The van der Waals surface area contributed by atoms with Crippen LogP contribution in [0.2, 0.25) is 0 Å². The van der Waals surface area contributed by atoms with Crippen LogP contribution < -0.4 is 5.73 Å². The van der Waals surface area contributed by atoms with Crippen LogP contribution in [0.25, 0.3) is 16.5 Å². The number of H-pyrrole nitrogens is 1. The number of aliphatic hydroxyl groups excluding tert-OH is 1. The van der Waals surface area contributed by atoms with Crippen molar-refractivity contribution >= 4 is 22.3 Å². The van der Waals surface area contributed by atoms with Crippen LogP contribution in [0.5, 0.6) is 0 Å². The molecule has 0 fully saturated rings. The number of hydrogen-bond acceptors (Lipinski definition) is 4. The smallest absolute Gasteiger partial charge is 0.163 e. The van der Waals surface area contributed by atoms with Crippen molar-refractivity contribution in [2.24, 2.45) is 5.73 Å². The average Bonchev–Trinajstić information content (AvgIpc) is 2.83. The fraction of sp³-hybridized carbons (Fsp3) is 0.421. The Bertz CT molecular complexity index is 787. The first-order chi connectivity index (χ1) is 11.3. The summed E-state index contributed by atoms with van der Waals surface area (Å²) < 4.78 is 0. The lowest BCUT2D eigenvalue weighted by Gasteiger charge is -2.18. The van der Waals surface area contributed by atoms with Crippen molar-refractivity contribution < 1.29 is 9.90 Å². The van der Waals surface area contributed by atoms with E-state index in [1.165, 1.54) is 6.92 Å². The van der Waals surface area contributed by atoms with E-state index in [1.54, 1.807) is 0 Å². The highest BCUT2D eigenvalue weighted by Crippen LogP contribution is 2.34. The maximum Gasteiger partial charge on any atom is 0.163 e. The zero-order valence-electron chi connectivity index (χ0n) is 15.1. The second-order valence-electron chi connectivity index (χ2n) is 6.55.